The Bertz CT molecular complexity index is 1140. The molecule has 4 aromatic carbocycles. The number of hydrogen-bond acceptors (Lipinski definition) is 5. The van der Waals surface area contributed by atoms with E-state index in [1.54, 1.807) is 0 Å². The first kappa shape index (κ1) is 23.6. The lowest BCUT2D eigenvalue weighted by Crippen LogP contribution is -2.52. The van der Waals surface area contributed by atoms with Crippen LogP contribution in [0, 0.1) is 0 Å². The lowest BCUT2D eigenvalue weighted by Gasteiger charge is -2.51. The molecule has 1 fully saturated rings. The molecule has 6 rings (SSSR count). The Hall–Kier alpha value is -3.82. The van der Waals surface area contributed by atoms with Gasteiger partial charge in [0.1, 0.15) is 0 Å². The average Bonchev–Trinajstić information content (AvgIpc) is 2.99. The fourth-order valence-corrected chi connectivity index (χ4v) is 7.71. The van der Waals surface area contributed by atoms with Crippen molar-refractivity contribution in [1.82, 2.24) is 9.57 Å². The van der Waals surface area contributed by atoms with Crippen molar-refractivity contribution in [2.45, 2.75) is 12.8 Å². The molecule has 6 heteroatoms. The maximum absolute atomic E-state index is 5.12. The topological polar surface area (TPSA) is 25.3 Å². The van der Waals surface area contributed by atoms with E-state index in [9.17, 15) is 0 Å². The van der Waals surface area contributed by atoms with Gasteiger partial charge in [-0.1, -0.05) is 72.8 Å². The summed E-state index contributed by atoms with van der Waals surface area (Å²) in [5.74, 6) is 1.14. The van der Waals surface area contributed by atoms with Crippen LogP contribution in [0.3, 0.4) is 0 Å². The molecule has 0 aliphatic carbocycles. The summed E-state index contributed by atoms with van der Waals surface area (Å²) in [4.78, 5) is 7.62. The Labute approximate surface area is 221 Å². The summed E-state index contributed by atoms with van der Waals surface area (Å²) < 4.78 is 7.63. The van der Waals surface area contributed by atoms with Crippen molar-refractivity contribution in [1.29, 1.82) is 0 Å². The minimum atomic E-state index is -1.13. The lowest BCUT2D eigenvalue weighted by atomic mass is 10.2. The van der Waals surface area contributed by atoms with Gasteiger partial charge in [-0.05, 0) is 61.4 Å². The number of guanidine groups is 1. The van der Waals surface area contributed by atoms with Crippen molar-refractivity contribution in [2.75, 3.05) is 35.5 Å². The Morgan fingerprint density at radius 1 is 0.514 bits per heavy atom. The first-order valence-electron chi connectivity index (χ1n) is 13.1. The molecule has 2 heterocycles. The van der Waals surface area contributed by atoms with Crippen molar-refractivity contribution in [3.8, 4) is 0 Å². The van der Waals surface area contributed by atoms with Crippen LogP contribution in [0.15, 0.2) is 126 Å². The number of anilines is 4. The second-order valence-electron chi connectivity index (χ2n) is 9.23. The van der Waals surface area contributed by atoms with Crippen LogP contribution in [0.4, 0.5) is 22.7 Å². The van der Waals surface area contributed by atoms with Crippen LogP contribution < -0.4 is 9.34 Å². The highest BCUT2D eigenvalue weighted by Gasteiger charge is 2.40. The smallest absolute Gasteiger partial charge is 0.220 e. The van der Waals surface area contributed by atoms with Crippen molar-refractivity contribution in [2.24, 2.45) is 4.99 Å². The first-order valence-corrected chi connectivity index (χ1v) is 14.3. The molecule has 2 aliphatic heterocycles. The maximum Gasteiger partial charge on any atom is 0.220 e. The van der Waals surface area contributed by atoms with E-state index < -0.39 is 8.37 Å². The van der Waals surface area contributed by atoms with E-state index in [0.29, 0.717) is 0 Å². The molecule has 5 nitrogen and oxygen atoms in total. The molecule has 0 aromatic heterocycles. The number of rotatable bonds is 7. The van der Waals surface area contributed by atoms with Crippen LogP contribution in [0.2, 0.25) is 0 Å². The molecule has 0 spiro atoms. The zero-order chi connectivity index (χ0) is 24.9. The molecule has 0 atom stereocenters. The summed E-state index contributed by atoms with van der Waals surface area (Å²) in [6.45, 7) is 4.00. The molecule has 186 valence electrons. The average molecular weight is 506 g/mol. The third kappa shape index (κ3) is 4.92. The van der Waals surface area contributed by atoms with Crippen LogP contribution in [0.1, 0.15) is 12.8 Å². The van der Waals surface area contributed by atoms with Crippen LogP contribution in [0.5, 0.6) is 0 Å². The minimum absolute atomic E-state index is 0.888. The van der Waals surface area contributed by atoms with E-state index in [1.165, 1.54) is 22.7 Å². The van der Waals surface area contributed by atoms with Crippen molar-refractivity contribution in [3.05, 3.63) is 121 Å². The second kappa shape index (κ2) is 11.1. The van der Waals surface area contributed by atoms with Crippen molar-refractivity contribution >= 4 is 37.1 Å². The number of fused-ring (bicyclic) bond motifs is 1. The second-order valence-corrected chi connectivity index (χ2v) is 11.1. The minimum Gasteiger partial charge on any atom is -0.342 e. The molecule has 0 saturated carbocycles. The largest absolute Gasteiger partial charge is 0.342 e. The zero-order valence-corrected chi connectivity index (χ0v) is 21.9. The van der Waals surface area contributed by atoms with Gasteiger partial charge in [-0.25, -0.2) is 0 Å². The number of hydrogen-bond donors (Lipinski definition) is 0. The van der Waals surface area contributed by atoms with Gasteiger partial charge in [-0.2, -0.15) is 0 Å². The molecule has 0 unspecified atom stereocenters. The lowest BCUT2D eigenvalue weighted by molar-refractivity contribution is 0.304. The molecule has 4 aromatic rings. The monoisotopic (exact) mass is 505 g/mol. The molecule has 0 bridgehead atoms. The summed E-state index contributed by atoms with van der Waals surface area (Å²) in [6.07, 6.45) is 2.24. The highest BCUT2D eigenvalue weighted by atomic mass is 31.2. The van der Waals surface area contributed by atoms with Gasteiger partial charge in [0.2, 0.25) is 14.3 Å². The van der Waals surface area contributed by atoms with Gasteiger partial charge in [0.05, 0.1) is 0 Å². The SMILES string of the molecule is c1ccc(N(c2ccccc2)P(N2CCCN3CCCN=C32)N(c2ccccc2)c2ccccc2)cc1. The fraction of sp³-hybridized carbons (Fsp3) is 0.194. The van der Waals surface area contributed by atoms with Gasteiger partial charge >= 0.3 is 0 Å². The molecule has 2 aliphatic rings. The zero-order valence-electron chi connectivity index (χ0n) is 21.0. The van der Waals surface area contributed by atoms with E-state index in [0.717, 1.165) is 45.0 Å². The molecule has 0 N–H and O–H groups in total. The van der Waals surface area contributed by atoms with Crippen LogP contribution in [-0.4, -0.2) is 41.7 Å². The van der Waals surface area contributed by atoms with Crippen LogP contribution in [-0.2, 0) is 0 Å². The molecule has 37 heavy (non-hydrogen) atoms. The Morgan fingerprint density at radius 3 is 1.35 bits per heavy atom. The number of aliphatic imine (C=N–C) groups is 1. The molecular weight excluding hydrogens is 473 g/mol. The predicted molar refractivity (Wildman–Crippen MR) is 157 cm³/mol. The molecule has 0 radical (unpaired) electrons. The van der Waals surface area contributed by atoms with E-state index in [-0.39, 0.29) is 0 Å². The highest BCUT2D eigenvalue weighted by Crippen LogP contribution is 2.59. The quantitative estimate of drug-likeness (QED) is 0.241. The summed E-state index contributed by atoms with van der Waals surface area (Å²) in [5, 5.41) is 0. The number of benzene rings is 4. The normalized spacial score (nSPS) is 15.2. The van der Waals surface area contributed by atoms with Crippen molar-refractivity contribution < 1.29 is 0 Å². The maximum atomic E-state index is 5.12. The fourth-order valence-electron chi connectivity index (χ4n) is 5.07. The van der Waals surface area contributed by atoms with Gasteiger partial charge in [-0.3, -0.25) is 19.0 Å². The van der Waals surface area contributed by atoms with E-state index in [4.69, 9.17) is 4.99 Å². The standard InChI is InChI=1S/C31H32N5P/c1-5-15-27(16-6-1)35(28-17-7-2-8-18-28)37(34-26-14-25-33-24-13-23-32-31(33)34)36(29-19-9-3-10-20-29)30-21-11-4-12-22-30/h1-12,15-22H,13-14,23-26H2. The van der Waals surface area contributed by atoms with E-state index >= 15 is 0 Å². The molecule has 1 saturated heterocycles. The van der Waals surface area contributed by atoms with Gasteiger partial charge in [0.25, 0.3) is 0 Å². The van der Waals surface area contributed by atoms with Gasteiger partial charge in [0, 0.05) is 48.9 Å². The van der Waals surface area contributed by atoms with Crippen molar-refractivity contribution in [3.63, 3.8) is 0 Å². The third-order valence-electron chi connectivity index (χ3n) is 6.73. The summed E-state index contributed by atoms with van der Waals surface area (Å²) in [7, 11) is -1.13. The molecular formula is C31H32N5P. The number of para-hydroxylation sites is 4. The third-order valence-corrected chi connectivity index (χ3v) is 9.18. The van der Waals surface area contributed by atoms with Gasteiger partial charge in [0.15, 0.2) is 0 Å². The van der Waals surface area contributed by atoms with E-state index in [1.807, 2.05) is 0 Å². The summed E-state index contributed by atoms with van der Waals surface area (Å²) in [6, 6.07) is 43.2. The van der Waals surface area contributed by atoms with Gasteiger partial charge < -0.3 is 4.90 Å². The molecule has 0 amide bonds. The summed E-state index contributed by atoms with van der Waals surface area (Å²) >= 11 is 0. The number of nitrogens with zero attached hydrogens (tertiary/aromatic N) is 5. The first-order chi connectivity index (χ1) is 18.4. The Morgan fingerprint density at radius 2 is 0.919 bits per heavy atom. The summed E-state index contributed by atoms with van der Waals surface area (Å²) in [5.41, 5.74) is 4.69. The Balaban J connectivity index is 1.60. The van der Waals surface area contributed by atoms with Crippen LogP contribution >= 0.6 is 8.37 Å². The highest BCUT2D eigenvalue weighted by molar-refractivity contribution is 7.60. The van der Waals surface area contributed by atoms with E-state index in [2.05, 4.69) is 140 Å². The Kier molecular flexibility index (Phi) is 7.05. The predicted octanol–water partition coefficient (Wildman–Crippen LogP) is 7.66. The van der Waals surface area contributed by atoms with Crippen LogP contribution in [0.25, 0.3) is 0 Å². The van der Waals surface area contributed by atoms with Gasteiger partial charge in [-0.15, -0.1) is 0 Å².